The molecule has 0 aliphatic rings. The summed E-state index contributed by atoms with van der Waals surface area (Å²) in [4.78, 5) is 23.2. The van der Waals surface area contributed by atoms with E-state index < -0.39 is 12.0 Å². The molecule has 0 saturated carbocycles. The maximum absolute atomic E-state index is 12.3. The molecule has 140 valence electrons. The van der Waals surface area contributed by atoms with Crippen molar-refractivity contribution in [1.82, 2.24) is 19.6 Å². The number of nitrogens with one attached hydrogen (secondary N) is 1. The summed E-state index contributed by atoms with van der Waals surface area (Å²) in [6.45, 7) is 1.81. The molecular formula is C17H16BrN5O4. The third kappa shape index (κ3) is 4.73. The number of ether oxygens (including phenoxy) is 1. The molecular weight excluding hydrogens is 418 g/mol. The predicted octanol–water partition coefficient (Wildman–Crippen LogP) is 2.78. The quantitative estimate of drug-likeness (QED) is 0.592. The zero-order valence-electron chi connectivity index (χ0n) is 14.2. The van der Waals surface area contributed by atoms with Crippen LogP contribution in [-0.4, -0.2) is 36.5 Å². The van der Waals surface area contributed by atoms with Crippen LogP contribution in [0.15, 0.2) is 53.4 Å². The Labute approximate surface area is 162 Å². The van der Waals surface area contributed by atoms with Gasteiger partial charge in [-0.05, 0) is 37.3 Å². The minimum atomic E-state index is -1.14. The van der Waals surface area contributed by atoms with Crippen LogP contribution in [0.2, 0.25) is 0 Å². The van der Waals surface area contributed by atoms with Gasteiger partial charge in [0.1, 0.15) is 11.8 Å². The van der Waals surface area contributed by atoms with Gasteiger partial charge in [-0.25, -0.2) is 9.48 Å². The van der Waals surface area contributed by atoms with Crippen molar-refractivity contribution in [1.29, 1.82) is 0 Å². The third-order valence-corrected chi connectivity index (χ3v) is 4.21. The lowest BCUT2D eigenvalue weighted by molar-refractivity contribution is -0.119. The molecule has 0 aliphatic carbocycles. The van der Waals surface area contributed by atoms with E-state index in [-0.39, 0.29) is 18.3 Å². The Kier molecular flexibility index (Phi) is 5.55. The number of carbonyl (C=O) groups excluding carboxylic acids is 1. The zero-order valence-corrected chi connectivity index (χ0v) is 15.8. The zero-order chi connectivity index (χ0) is 19.4. The Bertz CT molecular complexity index is 950. The van der Waals surface area contributed by atoms with E-state index in [2.05, 4.69) is 31.4 Å². The van der Waals surface area contributed by atoms with Crippen LogP contribution < -0.4 is 10.1 Å². The number of aromatic carboxylic acids is 1. The van der Waals surface area contributed by atoms with E-state index in [1.807, 2.05) is 24.3 Å². The summed E-state index contributed by atoms with van der Waals surface area (Å²) in [5.41, 5.74) is 0.379. The van der Waals surface area contributed by atoms with Gasteiger partial charge < -0.3 is 15.2 Å². The van der Waals surface area contributed by atoms with E-state index in [4.69, 9.17) is 9.84 Å². The smallest absolute Gasteiger partial charge is 0.356 e. The number of rotatable bonds is 7. The molecule has 1 aromatic carbocycles. The number of carboxylic acid groups (broad SMARTS) is 1. The summed E-state index contributed by atoms with van der Waals surface area (Å²) in [7, 11) is 0. The number of aromatic nitrogens is 4. The highest BCUT2D eigenvalue weighted by molar-refractivity contribution is 9.10. The van der Waals surface area contributed by atoms with Gasteiger partial charge in [-0.15, -0.1) is 0 Å². The van der Waals surface area contributed by atoms with Gasteiger partial charge >= 0.3 is 5.97 Å². The van der Waals surface area contributed by atoms with Gasteiger partial charge in [-0.1, -0.05) is 15.9 Å². The van der Waals surface area contributed by atoms with Crippen molar-refractivity contribution in [2.24, 2.45) is 0 Å². The average molecular weight is 434 g/mol. The number of hydrogen-bond donors (Lipinski definition) is 2. The van der Waals surface area contributed by atoms with Crippen LogP contribution in [0.5, 0.6) is 5.75 Å². The molecule has 1 atom stereocenters. The molecule has 27 heavy (non-hydrogen) atoms. The third-order valence-electron chi connectivity index (χ3n) is 3.68. The molecule has 0 saturated heterocycles. The van der Waals surface area contributed by atoms with Crippen LogP contribution in [0.25, 0.3) is 0 Å². The predicted molar refractivity (Wildman–Crippen MR) is 99.5 cm³/mol. The second-order valence-corrected chi connectivity index (χ2v) is 6.56. The molecule has 0 spiro atoms. The lowest BCUT2D eigenvalue weighted by atomic mass is 10.3. The number of nitrogens with zero attached hydrogens (tertiary/aromatic N) is 4. The Hall–Kier alpha value is -3.14. The van der Waals surface area contributed by atoms with Gasteiger partial charge in [0.05, 0.1) is 18.1 Å². The van der Waals surface area contributed by atoms with Crippen molar-refractivity contribution in [3.63, 3.8) is 0 Å². The molecule has 0 fully saturated rings. The van der Waals surface area contributed by atoms with Gasteiger partial charge in [0, 0.05) is 10.7 Å². The molecule has 3 aromatic rings. The van der Waals surface area contributed by atoms with Gasteiger partial charge in [0.25, 0.3) is 0 Å². The fourth-order valence-electron chi connectivity index (χ4n) is 2.20. The number of carbonyl (C=O) groups is 2. The Morgan fingerprint density at radius 3 is 2.70 bits per heavy atom. The number of benzene rings is 1. The van der Waals surface area contributed by atoms with Crippen LogP contribution in [0, 0.1) is 0 Å². The van der Waals surface area contributed by atoms with Crippen molar-refractivity contribution >= 4 is 33.5 Å². The van der Waals surface area contributed by atoms with Crippen LogP contribution in [-0.2, 0) is 11.5 Å². The highest BCUT2D eigenvalue weighted by atomic mass is 79.9. The normalized spacial score (nSPS) is 11.8. The van der Waals surface area contributed by atoms with Crippen LogP contribution >= 0.6 is 15.9 Å². The first-order valence-electron chi connectivity index (χ1n) is 7.92. The highest BCUT2D eigenvalue weighted by Gasteiger charge is 2.18. The molecule has 2 heterocycles. The van der Waals surface area contributed by atoms with E-state index in [1.165, 1.54) is 23.1 Å². The van der Waals surface area contributed by atoms with E-state index >= 15 is 0 Å². The fraction of sp³-hybridized carbons (Fsp3) is 0.176. The maximum Gasteiger partial charge on any atom is 0.356 e. The van der Waals surface area contributed by atoms with Crippen molar-refractivity contribution in [2.45, 2.75) is 19.7 Å². The van der Waals surface area contributed by atoms with E-state index in [9.17, 15) is 9.59 Å². The first-order chi connectivity index (χ1) is 12.9. The maximum atomic E-state index is 12.3. The second-order valence-electron chi connectivity index (χ2n) is 5.65. The topological polar surface area (TPSA) is 111 Å². The van der Waals surface area contributed by atoms with Gasteiger partial charge in [-0.3, -0.25) is 9.48 Å². The first kappa shape index (κ1) is 18.6. The Morgan fingerprint density at radius 1 is 1.30 bits per heavy atom. The molecule has 0 bridgehead atoms. The molecule has 1 amide bonds. The minimum absolute atomic E-state index is 0.118. The van der Waals surface area contributed by atoms with E-state index in [0.29, 0.717) is 11.4 Å². The molecule has 0 aliphatic heterocycles. The highest BCUT2D eigenvalue weighted by Crippen LogP contribution is 2.17. The standard InChI is InChI=1S/C17H16BrN5O4/c1-11(23-7-6-15(21-23)17(25)26)16(24)20-13-8-19-22(9-13)10-27-14-4-2-12(18)3-5-14/h2-9,11H,10H2,1H3,(H,20,24)(H,25,26). The molecule has 3 rings (SSSR count). The molecule has 2 N–H and O–H groups in total. The van der Waals surface area contributed by atoms with Gasteiger partial charge in [0.15, 0.2) is 12.4 Å². The largest absolute Gasteiger partial charge is 0.476 e. The summed E-state index contributed by atoms with van der Waals surface area (Å²) in [6, 6.07) is 8.05. The molecule has 10 heteroatoms. The Morgan fingerprint density at radius 2 is 2.04 bits per heavy atom. The fourth-order valence-corrected chi connectivity index (χ4v) is 2.47. The van der Waals surface area contributed by atoms with Gasteiger partial charge in [-0.2, -0.15) is 10.2 Å². The average Bonchev–Trinajstić information content (AvgIpc) is 3.30. The monoisotopic (exact) mass is 433 g/mol. The summed E-state index contributed by atoms with van der Waals surface area (Å²) in [5, 5.41) is 19.6. The second kappa shape index (κ2) is 8.04. The van der Waals surface area contributed by atoms with E-state index in [1.54, 1.807) is 17.8 Å². The summed E-state index contributed by atoms with van der Waals surface area (Å²) < 4.78 is 9.40. The lowest BCUT2D eigenvalue weighted by Crippen LogP contribution is -2.24. The number of hydrogen-bond acceptors (Lipinski definition) is 5. The minimum Gasteiger partial charge on any atom is -0.476 e. The Balaban J connectivity index is 1.56. The molecule has 2 aromatic heterocycles. The van der Waals surface area contributed by atoms with Gasteiger partial charge in [0.2, 0.25) is 5.91 Å². The van der Waals surface area contributed by atoms with Crippen molar-refractivity contribution in [3.8, 4) is 5.75 Å². The molecule has 1 unspecified atom stereocenters. The van der Waals surface area contributed by atoms with E-state index in [0.717, 1.165) is 4.47 Å². The van der Waals surface area contributed by atoms with Crippen molar-refractivity contribution < 1.29 is 19.4 Å². The molecule has 9 nitrogen and oxygen atoms in total. The number of anilines is 1. The summed E-state index contributed by atoms with van der Waals surface area (Å²) >= 11 is 3.36. The van der Waals surface area contributed by atoms with Crippen LogP contribution in [0.3, 0.4) is 0 Å². The number of amides is 1. The van der Waals surface area contributed by atoms with Crippen molar-refractivity contribution in [3.05, 3.63) is 59.1 Å². The summed E-state index contributed by atoms with van der Waals surface area (Å²) in [6.07, 6.45) is 4.58. The van der Waals surface area contributed by atoms with Crippen LogP contribution in [0.4, 0.5) is 5.69 Å². The van der Waals surface area contributed by atoms with Crippen molar-refractivity contribution in [2.75, 3.05) is 5.32 Å². The summed E-state index contributed by atoms with van der Waals surface area (Å²) in [5.74, 6) is -0.794. The SMILES string of the molecule is CC(C(=O)Nc1cnn(COc2ccc(Br)cc2)c1)n1ccc(C(=O)O)n1. The first-order valence-corrected chi connectivity index (χ1v) is 8.72. The number of carboxylic acids is 1. The van der Waals surface area contributed by atoms with Crippen LogP contribution in [0.1, 0.15) is 23.5 Å². The lowest BCUT2D eigenvalue weighted by Gasteiger charge is -2.11. The number of halogens is 1. The molecule has 0 radical (unpaired) electrons.